The van der Waals surface area contributed by atoms with Crippen LogP contribution in [0.3, 0.4) is 0 Å². The van der Waals surface area contributed by atoms with E-state index in [0.29, 0.717) is 28.7 Å². The normalized spacial score (nSPS) is 10.2. The summed E-state index contributed by atoms with van der Waals surface area (Å²) in [7, 11) is 0. The van der Waals surface area contributed by atoms with E-state index in [-0.39, 0.29) is 5.91 Å². The molecule has 6 heteroatoms. The lowest BCUT2D eigenvalue weighted by Gasteiger charge is -2.03. The first-order valence-corrected chi connectivity index (χ1v) is 5.03. The SMILES string of the molecule is Cc1cc(C(=O)Nc2cc(C)on2)cc(N)n1. The number of nitrogens with two attached hydrogens (primary N) is 1. The van der Waals surface area contributed by atoms with Crippen molar-refractivity contribution in [3.8, 4) is 0 Å². The van der Waals surface area contributed by atoms with E-state index < -0.39 is 0 Å². The second-order valence-corrected chi connectivity index (χ2v) is 3.70. The van der Waals surface area contributed by atoms with Gasteiger partial charge in [0.15, 0.2) is 5.82 Å². The van der Waals surface area contributed by atoms with Crippen LogP contribution in [0.4, 0.5) is 11.6 Å². The molecular weight excluding hydrogens is 220 g/mol. The van der Waals surface area contributed by atoms with Crippen molar-refractivity contribution < 1.29 is 9.32 Å². The molecule has 0 unspecified atom stereocenters. The second kappa shape index (κ2) is 4.25. The first-order chi connectivity index (χ1) is 8.04. The molecule has 2 heterocycles. The standard InChI is InChI=1S/C11H12N4O2/c1-6-3-8(5-9(12)13-6)11(16)14-10-4-7(2)17-15-10/h3-5H,1-2H3,(H2,12,13)(H,14,15,16). The smallest absolute Gasteiger partial charge is 0.257 e. The summed E-state index contributed by atoms with van der Waals surface area (Å²) in [4.78, 5) is 15.8. The number of aromatic nitrogens is 2. The minimum Gasteiger partial charge on any atom is -0.384 e. The topological polar surface area (TPSA) is 94.0 Å². The van der Waals surface area contributed by atoms with Gasteiger partial charge in [-0.3, -0.25) is 4.79 Å². The zero-order valence-corrected chi connectivity index (χ0v) is 9.52. The molecule has 0 saturated heterocycles. The average Bonchev–Trinajstić information content (AvgIpc) is 2.62. The van der Waals surface area contributed by atoms with Crippen molar-refractivity contribution in [1.29, 1.82) is 0 Å². The van der Waals surface area contributed by atoms with Gasteiger partial charge in [0, 0.05) is 17.3 Å². The van der Waals surface area contributed by atoms with Gasteiger partial charge >= 0.3 is 0 Å². The Labute approximate surface area is 97.8 Å². The Balaban J connectivity index is 2.19. The minimum absolute atomic E-state index is 0.296. The first kappa shape index (κ1) is 11.1. The number of hydrogen-bond donors (Lipinski definition) is 2. The highest BCUT2D eigenvalue weighted by Gasteiger charge is 2.10. The van der Waals surface area contributed by atoms with Gasteiger partial charge in [-0.1, -0.05) is 5.16 Å². The Kier molecular flexibility index (Phi) is 2.78. The van der Waals surface area contributed by atoms with Crippen molar-refractivity contribution in [2.24, 2.45) is 0 Å². The van der Waals surface area contributed by atoms with Gasteiger partial charge in [-0.2, -0.15) is 0 Å². The van der Waals surface area contributed by atoms with Crippen LogP contribution >= 0.6 is 0 Å². The maximum atomic E-state index is 11.9. The second-order valence-electron chi connectivity index (χ2n) is 3.70. The van der Waals surface area contributed by atoms with Crippen molar-refractivity contribution in [3.63, 3.8) is 0 Å². The van der Waals surface area contributed by atoms with E-state index in [1.54, 1.807) is 26.0 Å². The summed E-state index contributed by atoms with van der Waals surface area (Å²) in [6.45, 7) is 3.52. The van der Waals surface area contributed by atoms with Crippen LogP contribution in [0.1, 0.15) is 21.8 Å². The average molecular weight is 232 g/mol. The monoisotopic (exact) mass is 232 g/mol. The number of anilines is 2. The number of nitrogens with zero attached hydrogens (tertiary/aromatic N) is 2. The van der Waals surface area contributed by atoms with E-state index in [4.69, 9.17) is 10.3 Å². The number of nitrogen functional groups attached to an aromatic ring is 1. The van der Waals surface area contributed by atoms with Crippen LogP contribution < -0.4 is 11.1 Å². The maximum Gasteiger partial charge on any atom is 0.257 e. The predicted molar refractivity (Wildman–Crippen MR) is 62.6 cm³/mol. The summed E-state index contributed by atoms with van der Waals surface area (Å²) in [6, 6.07) is 4.79. The summed E-state index contributed by atoms with van der Waals surface area (Å²) < 4.78 is 4.85. The summed E-state index contributed by atoms with van der Waals surface area (Å²) in [5.41, 5.74) is 6.70. The minimum atomic E-state index is -0.296. The van der Waals surface area contributed by atoms with Gasteiger partial charge in [0.05, 0.1) is 0 Å². The van der Waals surface area contributed by atoms with E-state index in [1.807, 2.05) is 0 Å². The van der Waals surface area contributed by atoms with Crippen molar-refractivity contribution in [1.82, 2.24) is 10.1 Å². The van der Waals surface area contributed by atoms with Crippen LogP contribution in [0, 0.1) is 13.8 Å². The van der Waals surface area contributed by atoms with Crippen LogP contribution in [0.15, 0.2) is 22.7 Å². The third-order valence-electron chi connectivity index (χ3n) is 2.10. The van der Waals surface area contributed by atoms with Crippen LogP contribution in [0.5, 0.6) is 0 Å². The largest absolute Gasteiger partial charge is 0.384 e. The lowest BCUT2D eigenvalue weighted by molar-refractivity contribution is 0.102. The zero-order chi connectivity index (χ0) is 12.4. The van der Waals surface area contributed by atoms with Crippen molar-refractivity contribution >= 4 is 17.5 Å². The number of aryl methyl sites for hydroxylation is 2. The molecule has 3 N–H and O–H groups in total. The number of nitrogens with one attached hydrogen (secondary N) is 1. The van der Waals surface area contributed by atoms with Gasteiger partial charge in [-0.25, -0.2) is 4.98 Å². The van der Waals surface area contributed by atoms with Crippen LogP contribution in [-0.4, -0.2) is 16.0 Å². The molecule has 0 aliphatic carbocycles. The van der Waals surface area contributed by atoms with Crippen LogP contribution in [-0.2, 0) is 0 Å². The van der Waals surface area contributed by atoms with Crippen molar-refractivity contribution in [2.45, 2.75) is 13.8 Å². The fourth-order valence-corrected chi connectivity index (χ4v) is 1.44. The van der Waals surface area contributed by atoms with E-state index >= 15 is 0 Å². The molecule has 6 nitrogen and oxygen atoms in total. The fraction of sp³-hybridized carbons (Fsp3) is 0.182. The molecule has 2 aromatic heterocycles. The molecule has 0 aliphatic heterocycles. The molecular formula is C11H12N4O2. The van der Waals surface area contributed by atoms with Gasteiger partial charge in [0.25, 0.3) is 5.91 Å². The quantitative estimate of drug-likeness (QED) is 0.818. The Morgan fingerprint density at radius 2 is 2.12 bits per heavy atom. The highest BCUT2D eigenvalue weighted by molar-refractivity contribution is 6.04. The zero-order valence-electron chi connectivity index (χ0n) is 9.52. The molecule has 2 aromatic rings. The Hall–Kier alpha value is -2.37. The van der Waals surface area contributed by atoms with E-state index in [9.17, 15) is 4.79 Å². The highest BCUT2D eigenvalue weighted by atomic mass is 16.5. The molecule has 88 valence electrons. The number of hydrogen-bond acceptors (Lipinski definition) is 5. The van der Waals surface area contributed by atoms with Crippen LogP contribution in [0.2, 0.25) is 0 Å². The molecule has 2 rings (SSSR count). The molecule has 0 radical (unpaired) electrons. The molecule has 0 saturated carbocycles. The van der Waals surface area contributed by atoms with E-state index in [2.05, 4.69) is 15.5 Å². The number of rotatable bonds is 2. The molecule has 1 amide bonds. The van der Waals surface area contributed by atoms with Crippen LogP contribution in [0.25, 0.3) is 0 Å². The predicted octanol–water partition coefficient (Wildman–Crippen LogP) is 1.52. The summed E-state index contributed by atoms with van der Waals surface area (Å²) in [5.74, 6) is 1.02. The highest BCUT2D eigenvalue weighted by Crippen LogP contribution is 2.11. The first-order valence-electron chi connectivity index (χ1n) is 5.03. The molecule has 0 bridgehead atoms. The lowest BCUT2D eigenvalue weighted by atomic mass is 10.2. The van der Waals surface area contributed by atoms with Crippen molar-refractivity contribution in [2.75, 3.05) is 11.1 Å². The van der Waals surface area contributed by atoms with Crippen molar-refractivity contribution in [3.05, 3.63) is 35.2 Å². The molecule has 0 atom stereocenters. The Morgan fingerprint density at radius 1 is 1.35 bits per heavy atom. The molecule has 0 fully saturated rings. The Morgan fingerprint density at radius 3 is 2.71 bits per heavy atom. The number of amides is 1. The van der Waals surface area contributed by atoms with E-state index in [0.717, 1.165) is 0 Å². The fourth-order valence-electron chi connectivity index (χ4n) is 1.44. The van der Waals surface area contributed by atoms with Gasteiger partial charge in [-0.05, 0) is 26.0 Å². The van der Waals surface area contributed by atoms with Gasteiger partial charge in [0.1, 0.15) is 11.6 Å². The Bertz CT molecular complexity index is 542. The van der Waals surface area contributed by atoms with E-state index in [1.165, 1.54) is 6.07 Å². The van der Waals surface area contributed by atoms with Gasteiger partial charge in [0.2, 0.25) is 0 Å². The number of pyridine rings is 1. The molecule has 0 spiro atoms. The summed E-state index contributed by atoms with van der Waals surface area (Å²) >= 11 is 0. The lowest BCUT2D eigenvalue weighted by Crippen LogP contribution is -2.13. The summed E-state index contributed by atoms with van der Waals surface area (Å²) in [5, 5.41) is 6.28. The molecule has 0 aromatic carbocycles. The summed E-state index contributed by atoms with van der Waals surface area (Å²) in [6.07, 6.45) is 0. The molecule has 17 heavy (non-hydrogen) atoms. The number of carbonyl (C=O) groups excluding carboxylic acids is 1. The third kappa shape index (κ3) is 2.60. The maximum absolute atomic E-state index is 11.9. The number of carbonyl (C=O) groups is 1. The van der Waals surface area contributed by atoms with Gasteiger partial charge in [-0.15, -0.1) is 0 Å². The van der Waals surface area contributed by atoms with Gasteiger partial charge < -0.3 is 15.6 Å². The third-order valence-corrected chi connectivity index (χ3v) is 2.10. The molecule has 0 aliphatic rings.